The Balaban J connectivity index is 2.32. The molecule has 2 N–H and O–H groups in total. The lowest BCUT2D eigenvalue weighted by Crippen LogP contribution is -2.33. The lowest BCUT2D eigenvalue weighted by atomic mass is 10.0. The summed E-state index contributed by atoms with van der Waals surface area (Å²) in [6.07, 6.45) is 1.89. The molecule has 0 bridgehead atoms. The molecule has 0 spiro atoms. The fourth-order valence-electron chi connectivity index (χ4n) is 2.08. The summed E-state index contributed by atoms with van der Waals surface area (Å²) in [6, 6.07) is 5.66. The number of rotatable bonds is 1. The first kappa shape index (κ1) is 12.0. The van der Waals surface area contributed by atoms with E-state index in [9.17, 15) is 9.59 Å². The number of hydrogen-bond donors (Lipinski definition) is 1. The molecule has 1 aromatic rings. The first-order valence-electron chi connectivity index (χ1n) is 5.46. The van der Waals surface area contributed by atoms with Gasteiger partial charge in [-0.1, -0.05) is 0 Å². The van der Waals surface area contributed by atoms with Crippen LogP contribution in [0, 0.1) is 0 Å². The molecule has 0 saturated heterocycles. The van der Waals surface area contributed by atoms with Crippen molar-refractivity contribution in [3.05, 3.63) is 23.8 Å². The van der Waals surface area contributed by atoms with E-state index in [0.29, 0.717) is 0 Å². The normalized spacial score (nSPS) is 14.3. The van der Waals surface area contributed by atoms with Gasteiger partial charge in [0.05, 0.1) is 0 Å². The number of anilines is 1. The molecule has 2 amide bonds. The second-order valence-corrected chi connectivity index (χ2v) is 5.06. The second kappa shape index (κ2) is 4.79. The summed E-state index contributed by atoms with van der Waals surface area (Å²) in [4.78, 5) is 24.9. The van der Waals surface area contributed by atoms with Crippen molar-refractivity contribution in [3.8, 4) is 0 Å². The van der Waals surface area contributed by atoms with Crippen molar-refractivity contribution in [2.75, 3.05) is 11.4 Å². The third-order valence-electron chi connectivity index (χ3n) is 2.77. The van der Waals surface area contributed by atoms with E-state index in [2.05, 4.69) is 0 Å². The van der Waals surface area contributed by atoms with Gasteiger partial charge in [-0.15, -0.1) is 0 Å². The Hall–Kier alpha value is -1.49. The van der Waals surface area contributed by atoms with Crippen LogP contribution in [-0.2, 0) is 11.2 Å². The van der Waals surface area contributed by atoms with Crippen LogP contribution in [0.4, 0.5) is 10.5 Å². The number of benzene rings is 1. The van der Waals surface area contributed by atoms with E-state index in [1.54, 1.807) is 11.8 Å². The topological polar surface area (TPSA) is 63.4 Å². The first-order valence-corrected chi connectivity index (χ1v) is 6.28. The highest BCUT2D eigenvalue weighted by Crippen LogP contribution is 2.31. The summed E-state index contributed by atoms with van der Waals surface area (Å²) in [6.45, 7) is 2.34. The number of carbonyl (C=O) groups is 2. The molecule has 1 aliphatic heterocycles. The number of thioether (sulfide) groups is 1. The Labute approximate surface area is 104 Å². The molecule has 1 aliphatic rings. The number of fused-ring (bicyclic) bond motifs is 1. The van der Waals surface area contributed by atoms with Gasteiger partial charge in [0, 0.05) is 24.1 Å². The quantitative estimate of drug-likeness (QED) is 0.777. The van der Waals surface area contributed by atoms with Gasteiger partial charge in [0.2, 0.25) is 5.91 Å². The first-order chi connectivity index (χ1) is 8.08. The molecular formula is C12H14N2O2S. The zero-order chi connectivity index (χ0) is 12.4. The summed E-state index contributed by atoms with van der Waals surface area (Å²) in [5, 5.41) is -0.413. The summed E-state index contributed by atoms with van der Waals surface area (Å²) >= 11 is 1.02. The highest BCUT2D eigenvalue weighted by atomic mass is 32.2. The van der Waals surface area contributed by atoms with Gasteiger partial charge in [0.1, 0.15) is 0 Å². The van der Waals surface area contributed by atoms with Crippen LogP contribution in [0.5, 0.6) is 0 Å². The molecule has 4 nitrogen and oxygen atoms in total. The van der Waals surface area contributed by atoms with E-state index in [4.69, 9.17) is 5.73 Å². The Kier molecular flexibility index (Phi) is 3.38. The molecule has 17 heavy (non-hydrogen) atoms. The van der Waals surface area contributed by atoms with E-state index in [1.165, 1.54) is 0 Å². The van der Waals surface area contributed by atoms with Gasteiger partial charge in [0.25, 0.3) is 5.24 Å². The molecular weight excluding hydrogens is 236 g/mol. The van der Waals surface area contributed by atoms with Crippen molar-refractivity contribution in [3.63, 3.8) is 0 Å². The molecule has 1 heterocycles. The lowest BCUT2D eigenvalue weighted by molar-refractivity contribution is -0.116. The van der Waals surface area contributed by atoms with E-state index >= 15 is 0 Å². The van der Waals surface area contributed by atoms with Crippen LogP contribution in [0.2, 0.25) is 0 Å². The minimum Gasteiger partial charge on any atom is -0.360 e. The van der Waals surface area contributed by atoms with Crippen LogP contribution >= 0.6 is 11.8 Å². The minimum atomic E-state index is -0.413. The molecule has 1 aromatic carbocycles. The van der Waals surface area contributed by atoms with Crippen molar-refractivity contribution in [2.24, 2.45) is 5.73 Å². The van der Waals surface area contributed by atoms with Gasteiger partial charge in [-0.3, -0.25) is 9.59 Å². The van der Waals surface area contributed by atoms with E-state index in [-0.39, 0.29) is 5.91 Å². The Morgan fingerprint density at radius 3 is 2.82 bits per heavy atom. The molecule has 5 heteroatoms. The summed E-state index contributed by atoms with van der Waals surface area (Å²) in [7, 11) is 0. The third kappa shape index (κ3) is 2.61. The van der Waals surface area contributed by atoms with Crippen molar-refractivity contribution in [2.45, 2.75) is 24.7 Å². The molecule has 2 rings (SSSR count). The molecule has 0 saturated carbocycles. The smallest absolute Gasteiger partial charge is 0.281 e. The molecule has 0 fully saturated rings. The van der Waals surface area contributed by atoms with Crippen LogP contribution in [0.3, 0.4) is 0 Å². The zero-order valence-electron chi connectivity index (χ0n) is 9.60. The maximum atomic E-state index is 11.5. The van der Waals surface area contributed by atoms with Crippen LogP contribution in [-0.4, -0.2) is 17.7 Å². The SMILES string of the molecule is CC(=O)N1CCCc2cc(SC(N)=O)ccc21. The van der Waals surface area contributed by atoms with Gasteiger partial charge in [-0.25, -0.2) is 0 Å². The minimum absolute atomic E-state index is 0.0567. The van der Waals surface area contributed by atoms with Crippen LogP contribution < -0.4 is 10.6 Å². The van der Waals surface area contributed by atoms with Crippen molar-refractivity contribution in [1.29, 1.82) is 0 Å². The fourth-order valence-corrected chi connectivity index (χ4v) is 2.65. The number of primary amides is 1. The number of aryl methyl sites for hydroxylation is 1. The van der Waals surface area contributed by atoms with Gasteiger partial charge in [-0.05, 0) is 48.4 Å². The standard InChI is InChI=1S/C12H14N2O2S/c1-8(15)14-6-2-3-9-7-10(17-12(13)16)4-5-11(9)14/h4-5,7H,2-3,6H2,1H3,(H2,13,16). The van der Waals surface area contributed by atoms with E-state index in [1.807, 2.05) is 18.2 Å². The molecule has 90 valence electrons. The maximum absolute atomic E-state index is 11.5. The average Bonchev–Trinajstić information content (AvgIpc) is 2.26. The summed E-state index contributed by atoms with van der Waals surface area (Å²) < 4.78 is 0. The molecule has 0 aromatic heterocycles. The Morgan fingerprint density at radius 1 is 1.41 bits per heavy atom. The molecule has 0 unspecified atom stereocenters. The number of hydrogen-bond acceptors (Lipinski definition) is 3. The highest BCUT2D eigenvalue weighted by molar-refractivity contribution is 8.13. The van der Waals surface area contributed by atoms with Crippen LogP contribution in [0.15, 0.2) is 23.1 Å². The average molecular weight is 250 g/mol. The van der Waals surface area contributed by atoms with Gasteiger partial charge in [-0.2, -0.15) is 0 Å². The summed E-state index contributed by atoms with van der Waals surface area (Å²) in [5.41, 5.74) is 7.20. The van der Waals surface area contributed by atoms with Crippen molar-refractivity contribution in [1.82, 2.24) is 0 Å². The van der Waals surface area contributed by atoms with Gasteiger partial charge in [0.15, 0.2) is 0 Å². The lowest BCUT2D eigenvalue weighted by Gasteiger charge is -2.28. The van der Waals surface area contributed by atoms with E-state index in [0.717, 1.165) is 47.3 Å². The predicted octanol–water partition coefficient (Wildman–Crippen LogP) is 2.16. The maximum Gasteiger partial charge on any atom is 0.281 e. The monoisotopic (exact) mass is 250 g/mol. The van der Waals surface area contributed by atoms with Crippen molar-refractivity contribution < 1.29 is 9.59 Å². The largest absolute Gasteiger partial charge is 0.360 e. The van der Waals surface area contributed by atoms with Gasteiger partial charge < -0.3 is 10.6 Å². The number of carbonyl (C=O) groups excluding carboxylic acids is 2. The third-order valence-corrected chi connectivity index (χ3v) is 3.46. The second-order valence-electron chi connectivity index (χ2n) is 3.99. The molecule has 0 atom stereocenters. The van der Waals surface area contributed by atoms with Crippen LogP contribution in [0.1, 0.15) is 18.9 Å². The summed E-state index contributed by atoms with van der Waals surface area (Å²) in [5.74, 6) is 0.0567. The van der Waals surface area contributed by atoms with Gasteiger partial charge >= 0.3 is 0 Å². The number of amides is 2. The Morgan fingerprint density at radius 2 is 2.18 bits per heavy atom. The fraction of sp³-hybridized carbons (Fsp3) is 0.333. The van der Waals surface area contributed by atoms with Crippen molar-refractivity contribution >= 4 is 28.6 Å². The zero-order valence-corrected chi connectivity index (χ0v) is 10.4. The number of nitrogens with zero attached hydrogens (tertiary/aromatic N) is 1. The predicted molar refractivity (Wildman–Crippen MR) is 68.2 cm³/mol. The van der Waals surface area contributed by atoms with Crippen LogP contribution in [0.25, 0.3) is 0 Å². The van der Waals surface area contributed by atoms with E-state index < -0.39 is 5.24 Å². The highest BCUT2D eigenvalue weighted by Gasteiger charge is 2.20. The number of nitrogens with two attached hydrogens (primary N) is 1. The molecule has 0 aliphatic carbocycles. The Bertz CT molecular complexity index is 474. The molecule has 0 radical (unpaired) electrons.